The predicted octanol–water partition coefficient (Wildman–Crippen LogP) is 2.63. The second-order valence-corrected chi connectivity index (χ2v) is 6.25. The normalized spacial score (nSPS) is 25.1. The van der Waals surface area contributed by atoms with Crippen molar-refractivity contribution in [3.63, 3.8) is 0 Å². The van der Waals surface area contributed by atoms with Crippen molar-refractivity contribution < 1.29 is 23.7 Å². The molecule has 1 saturated heterocycles. The summed E-state index contributed by atoms with van der Waals surface area (Å²) >= 11 is 0. The molecule has 0 N–H and O–H groups in total. The number of Topliss-reactive ketones (excluding diaryl/α,β-unsaturated/α-hetero) is 1. The summed E-state index contributed by atoms with van der Waals surface area (Å²) in [5.41, 5.74) is 1.67. The molecule has 1 aliphatic carbocycles. The Labute approximate surface area is 136 Å². The van der Waals surface area contributed by atoms with Gasteiger partial charge in [0.15, 0.2) is 11.6 Å². The van der Waals surface area contributed by atoms with E-state index in [9.17, 15) is 4.79 Å². The summed E-state index contributed by atoms with van der Waals surface area (Å²) in [5, 5.41) is 0. The van der Waals surface area contributed by atoms with Crippen molar-refractivity contribution in [3.05, 3.63) is 41.5 Å². The van der Waals surface area contributed by atoms with Gasteiger partial charge in [-0.1, -0.05) is 18.2 Å². The van der Waals surface area contributed by atoms with Crippen molar-refractivity contribution in [2.24, 2.45) is 0 Å². The highest BCUT2D eigenvalue weighted by atomic mass is 16.8. The van der Waals surface area contributed by atoms with Gasteiger partial charge < -0.3 is 18.9 Å². The number of rotatable bonds is 6. The first kappa shape index (κ1) is 16.2. The lowest BCUT2D eigenvalue weighted by Crippen LogP contribution is -2.26. The summed E-state index contributed by atoms with van der Waals surface area (Å²) in [6.45, 7) is 4.17. The van der Waals surface area contributed by atoms with E-state index >= 15 is 0 Å². The van der Waals surface area contributed by atoms with Gasteiger partial charge in [0.2, 0.25) is 0 Å². The Balaban J connectivity index is 1.50. The summed E-state index contributed by atoms with van der Waals surface area (Å²) in [7, 11) is 1.63. The SMILES string of the molecule is COc1ccc(COCC(=O)C2=CCC3OC(C)(C)OC23)cc1. The van der Waals surface area contributed by atoms with Crippen molar-refractivity contribution in [1.29, 1.82) is 0 Å². The average Bonchev–Trinajstić information content (AvgIpc) is 3.02. The first-order valence-corrected chi connectivity index (χ1v) is 7.78. The Morgan fingerprint density at radius 3 is 2.70 bits per heavy atom. The largest absolute Gasteiger partial charge is 0.497 e. The monoisotopic (exact) mass is 318 g/mol. The van der Waals surface area contributed by atoms with Crippen LogP contribution in [0.15, 0.2) is 35.9 Å². The molecule has 1 heterocycles. The number of benzene rings is 1. The topological polar surface area (TPSA) is 54.0 Å². The standard InChI is InChI=1S/C18H22O5/c1-18(2)22-16-9-8-14(17(16)23-18)15(19)11-21-10-12-4-6-13(20-3)7-5-12/h4-8,16-17H,9-11H2,1-3H3. The zero-order valence-electron chi connectivity index (χ0n) is 13.7. The van der Waals surface area contributed by atoms with Crippen LogP contribution < -0.4 is 4.74 Å². The maximum absolute atomic E-state index is 12.3. The first-order chi connectivity index (χ1) is 11.0. The number of fused-ring (bicyclic) bond motifs is 1. The molecule has 0 radical (unpaired) electrons. The van der Waals surface area contributed by atoms with Crippen molar-refractivity contribution in [2.75, 3.05) is 13.7 Å². The highest BCUT2D eigenvalue weighted by Crippen LogP contribution is 2.38. The molecule has 124 valence electrons. The lowest BCUT2D eigenvalue weighted by molar-refractivity contribution is -0.145. The fourth-order valence-electron chi connectivity index (χ4n) is 2.97. The van der Waals surface area contributed by atoms with Crippen LogP contribution in [0.3, 0.4) is 0 Å². The van der Waals surface area contributed by atoms with Crippen LogP contribution in [0.4, 0.5) is 0 Å². The second kappa shape index (κ2) is 6.43. The van der Waals surface area contributed by atoms with E-state index in [1.807, 2.05) is 44.2 Å². The van der Waals surface area contributed by atoms with Crippen LogP contribution in [0, 0.1) is 0 Å². The Hall–Kier alpha value is -1.69. The fraction of sp³-hybridized carbons (Fsp3) is 0.500. The number of ether oxygens (including phenoxy) is 4. The van der Waals surface area contributed by atoms with Gasteiger partial charge in [-0.25, -0.2) is 0 Å². The number of ketones is 1. The maximum Gasteiger partial charge on any atom is 0.186 e. The molecule has 0 saturated carbocycles. The van der Waals surface area contributed by atoms with E-state index in [2.05, 4.69) is 0 Å². The average molecular weight is 318 g/mol. The molecule has 0 spiro atoms. The van der Waals surface area contributed by atoms with Crippen LogP contribution in [-0.2, 0) is 25.6 Å². The molecular formula is C18H22O5. The van der Waals surface area contributed by atoms with E-state index in [1.54, 1.807) is 7.11 Å². The van der Waals surface area contributed by atoms with E-state index in [-0.39, 0.29) is 24.6 Å². The Morgan fingerprint density at radius 1 is 1.26 bits per heavy atom. The Kier molecular flexibility index (Phi) is 4.53. The molecule has 5 nitrogen and oxygen atoms in total. The molecule has 3 rings (SSSR count). The number of hydrogen-bond donors (Lipinski definition) is 0. The molecule has 1 aromatic carbocycles. The Bertz CT molecular complexity index is 602. The highest BCUT2D eigenvalue weighted by molar-refractivity contribution is 5.98. The van der Waals surface area contributed by atoms with E-state index in [1.165, 1.54) is 0 Å². The van der Waals surface area contributed by atoms with Crippen molar-refractivity contribution >= 4 is 5.78 Å². The maximum atomic E-state index is 12.3. The molecule has 0 amide bonds. The van der Waals surface area contributed by atoms with Crippen LogP contribution in [0.5, 0.6) is 5.75 Å². The van der Waals surface area contributed by atoms with Gasteiger partial charge >= 0.3 is 0 Å². The van der Waals surface area contributed by atoms with Gasteiger partial charge in [-0.15, -0.1) is 0 Å². The van der Waals surface area contributed by atoms with Gasteiger partial charge in [0, 0.05) is 5.57 Å². The smallest absolute Gasteiger partial charge is 0.186 e. The molecule has 0 bridgehead atoms. The minimum absolute atomic E-state index is 0.0349. The van der Waals surface area contributed by atoms with E-state index in [0.29, 0.717) is 18.6 Å². The molecule has 2 unspecified atom stereocenters. The zero-order chi connectivity index (χ0) is 16.4. The Morgan fingerprint density at radius 2 is 2.00 bits per heavy atom. The minimum atomic E-state index is -0.626. The van der Waals surface area contributed by atoms with Crippen molar-refractivity contribution in [3.8, 4) is 5.75 Å². The number of hydrogen-bond acceptors (Lipinski definition) is 5. The van der Waals surface area contributed by atoms with Crippen molar-refractivity contribution in [2.45, 2.75) is 44.9 Å². The van der Waals surface area contributed by atoms with Crippen LogP contribution in [-0.4, -0.2) is 37.5 Å². The molecule has 2 atom stereocenters. The second-order valence-electron chi connectivity index (χ2n) is 6.25. The zero-order valence-corrected chi connectivity index (χ0v) is 13.7. The van der Waals surface area contributed by atoms with E-state index in [0.717, 1.165) is 11.3 Å². The third kappa shape index (κ3) is 3.63. The lowest BCUT2D eigenvalue weighted by Gasteiger charge is -2.18. The molecule has 1 aromatic rings. The highest BCUT2D eigenvalue weighted by Gasteiger charge is 2.46. The fourth-order valence-corrected chi connectivity index (χ4v) is 2.97. The molecule has 1 fully saturated rings. The summed E-state index contributed by atoms with van der Waals surface area (Å²) in [4.78, 5) is 12.3. The molecule has 23 heavy (non-hydrogen) atoms. The third-order valence-electron chi connectivity index (χ3n) is 4.04. The molecule has 2 aliphatic rings. The van der Waals surface area contributed by atoms with Gasteiger partial charge in [0.1, 0.15) is 18.5 Å². The van der Waals surface area contributed by atoms with Crippen LogP contribution >= 0.6 is 0 Å². The van der Waals surface area contributed by atoms with Gasteiger partial charge in [-0.2, -0.15) is 0 Å². The number of carbonyl (C=O) groups is 1. The van der Waals surface area contributed by atoms with Crippen LogP contribution in [0.25, 0.3) is 0 Å². The van der Waals surface area contributed by atoms with Gasteiger partial charge in [0.25, 0.3) is 0 Å². The van der Waals surface area contributed by atoms with E-state index < -0.39 is 5.79 Å². The van der Waals surface area contributed by atoms with Crippen LogP contribution in [0.2, 0.25) is 0 Å². The third-order valence-corrected chi connectivity index (χ3v) is 4.04. The molecule has 1 aliphatic heterocycles. The van der Waals surface area contributed by atoms with Gasteiger partial charge in [-0.3, -0.25) is 4.79 Å². The van der Waals surface area contributed by atoms with Crippen molar-refractivity contribution in [1.82, 2.24) is 0 Å². The first-order valence-electron chi connectivity index (χ1n) is 7.78. The molecule has 0 aromatic heterocycles. The van der Waals surface area contributed by atoms with E-state index in [4.69, 9.17) is 18.9 Å². The summed E-state index contributed by atoms with van der Waals surface area (Å²) in [6, 6.07) is 7.59. The molecular weight excluding hydrogens is 296 g/mol. The molecule has 5 heteroatoms. The summed E-state index contributed by atoms with van der Waals surface area (Å²) in [5.74, 6) is 0.138. The quantitative estimate of drug-likeness (QED) is 0.807. The lowest BCUT2D eigenvalue weighted by atomic mass is 10.1. The summed E-state index contributed by atoms with van der Waals surface area (Å²) in [6.07, 6.45) is 2.31. The number of methoxy groups -OCH3 is 1. The van der Waals surface area contributed by atoms with Gasteiger partial charge in [0.05, 0.1) is 19.8 Å². The number of carbonyl (C=O) groups excluding carboxylic acids is 1. The van der Waals surface area contributed by atoms with Gasteiger partial charge in [-0.05, 0) is 38.0 Å². The summed E-state index contributed by atoms with van der Waals surface area (Å²) < 4.78 is 22.2. The predicted molar refractivity (Wildman–Crippen MR) is 84.2 cm³/mol. The van der Waals surface area contributed by atoms with Crippen LogP contribution in [0.1, 0.15) is 25.8 Å². The minimum Gasteiger partial charge on any atom is -0.497 e.